The van der Waals surface area contributed by atoms with Crippen LogP contribution in [-0.2, 0) is 6.54 Å². The minimum absolute atomic E-state index is 0.523. The van der Waals surface area contributed by atoms with Gasteiger partial charge >= 0.3 is 0 Å². The number of nitrogens with zero attached hydrogens (tertiary/aromatic N) is 1. The van der Waals surface area contributed by atoms with Gasteiger partial charge in [0.2, 0.25) is 0 Å². The monoisotopic (exact) mass is 251 g/mol. The van der Waals surface area contributed by atoms with Gasteiger partial charge in [-0.05, 0) is 26.0 Å². The number of rotatable bonds is 5. The summed E-state index contributed by atoms with van der Waals surface area (Å²) in [5, 5.41) is 0. The Labute approximate surface area is 99.6 Å². The maximum Gasteiger partial charge on any atom is 0.0931 e. The van der Waals surface area contributed by atoms with Crippen LogP contribution in [0.2, 0.25) is 4.34 Å². The highest BCUT2D eigenvalue weighted by atomic mass is 35.5. The topological polar surface area (TPSA) is 3.24 Å². The van der Waals surface area contributed by atoms with Crippen LogP contribution in [0.25, 0.3) is 0 Å². The van der Waals surface area contributed by atoms with Crippen molar-refractivity contribution in [1.29, 1.82) is 0 Å². The molecule has 0 aliphatic rings. The summed E-state index contributed by atoms with van der Waals surface area (Å²) in [7, 11) is 0. The number of alkyl halides is 1. The second-order valence-corrected chi connectivity index (χ2v) is 5.64. The van der Waals surface area contributed by atoms with Gasteiger partial charge in [-0.3, -0.25) is 4.90 Å². The summed E-state index contributed by atoms with van der Waals surface area (Å²) in [4.78, 5) is 3.64. The molecule has 0 saturated heterocycles. The molecule has 0 spiro atoms. The largest absolute Gasteiger partial charge is 0.295 e. The molecule has 80 valence electrons. The molecule has 0 aliphatic heterocycles. The zero-order chi connectivity index (χ0) is 10.6. The minimum Gasteiger partial charge on any atom is -0.295 e. The van der Waals surface area contributed by atoms with E-state index in [1.807, 2.05) is 6.07 Å². The van der Waals surface area contributed by atoms with Gasteiger partial charge in [0.15, 0.2) is 0 Å². The zero-order valence-electron chi connectivity index (χ0n) is 8.46. The summed E-state index contributed by atoms with van der Waals surface area (Å²) in [6, 6.07) is 4.55. The summed E-state index contributed by atoms with van der Waals surface area (Å²) in [5.74, 6) is 0.678. The van der Waals surface area contributed by atoms with Gasteiger partial charge in [0, 0.05) is 29.9 Å². The van der Waals surface area contributed by atoms with Gasteiger partial charge < -0.3 is 0 Å². The van der Waals surface area contributed by atoms with Crippen molar-refractivity contribution >= 4 is 34.5 Å². The summed E-state index contributed by atoms with van der Waals surface area (Å²) < 4.78 is 0.856. The number of halogens is 2. The molecule has 4 heteroatoms. The Bertz CT molecular complexity index is 273. The fraction of sp³-hybridized carbons (Fsp3) is 0.600. The Morgan fingerprint density at radius 3 is 2.57 bits per heavy atom. The molecule has 1 heterocycles. The molecule has 1 aromatic rings. The van der Waals surface area contributed by atoms with E-state index < -0.39 is 0 Å². The van der Waals surface area contributed by atoms with Gasteiger partial charge in [-0.1, -0.05) is 11.6 Å². The third-order valence-corrected chi connectivity index (χ3v) is 3.47. The van der Waals surface area contributed by atoms with E-state index in [1.54, 1.807) is 11.3 Å². The Morgan fingerprint density at radius 2 is 2.14 bits per heavy atom. The Hall–Kier alpha value is 0.240. The molecule has 0 radical (unpaired) electrons. The molecule has 0 aliphatic carbocycles. The summed E-state index contributed by atoms with van der Waals surface area (Å²) in [6.07, 6.45) is 0. The third kappa shape index (κ3) is 3.77. The van der Waals surface area contributed by atoms with Crippen LogP contribution in [0.4, 0.5) is 0 Å². The van der Waals surface area contributed by atoms with Crippen LogP contribution in [0, 0.1) is 0 Å². The predicted octanol–water partition coefficient (Wildman–Crippen LogP) is 3.85. The average molecular weight is 252 g/mol. The maximum absolute atomic E-state index is 5.87. The van der Waals surface area contributed by atoms with Crippen LogP contribution in [0.1, 0.15) is 18.7 Å². The highest BCUT2D eigenvalue weighted by Gasteiger charge is 2.10. The smallest absolute Gasteiger partial charge is 0.0931 e. The second-order valence-electron chi connectivity index (χ2n) is 3.46. The van der Waals surface area contributed by atoms with Gasteiger partial charge in [0.25, 0.3) is 0 Å². The van der Waals surface area contributed by atoms with Crippen molar-refractivity contribution in [2.45, 2.75) is 26.4 Å². The molecule has 0 atom stereocenters. The molecule has 1 aromatic heterocycles. The average Bonchev–Trinajstić information content (AvgIpc) is 2.50. The van der Waals surface area contributed by atoms with Crippen molar-refractivity contribution in [2.75, 3.05) is 12.4 Å². The Morgan fingerprint density at radius 1 is 1.43 bits per heavy atom. The summed E-state index contributed by atoms with van der Waals surface area (Å²) in [5.41, 5.74) is 0. The number of thiophene rings is 1. The fourth-order valence-electron chi connectivity index (χ4n) is 1.27. The second kappa shape index (κ2) is 5.96. The van der Waals surface area contributed by atoms with Crippen LogP contribution in [-0.4, -0.2) is 23.4 Å². The van der Waals surface area contributed by atoms with Gasteiger partial charge in [0.1, 0.15) is 0 Å². The van der Waals surface area contributed by atoms with E-state index >= 15 is 0 Å². The van der Waals surface area contributed by atoms with Crippen LogP contribution >= 0.6 is 34.5 Å². The van der Waals surface area contributed by atoms with E-state index in [9.17, 15) is 0 Å². The first-order valence-electron chi connectivity index (χ1n) is 4.67. The molecule has 0 bridgehead atoms. The highest BCUT2D eigenvalue weighted by Crippen LogP contribution is 2.23. The van der Waals surface area contributed by atoms with Crippen molar-refractivity contribution in [2.24, 2.45) is 0 Å². The molecule has 1 rings (SSSR count). The summed E-state index contributed by atoms with van der Waals surface area (Å²) >= 11 is 13.3. The lowest BCUT2D eigenvalue weighted by atomic mass is 10.3. The molecule has 14 heavy (non-hydrogen) atoms. The van der Waals surface area contributed by atoms with Crippen molar-refractivity contribution in [3.63, 3.8) is 0 Å². The quantitative estimate of drug-likeness (QED) is 0.719. The number of hydrogen-bond acceptors (Lipinski definition) is 2. The molecule has 0 fully saturated rings. The van der Waals surface area contributed by atoms with Crippen molar-refractivity contribution in [3.8, 4) is 0 Å². The van der Waals surface area contributed by atoms with E-state index in [1.165, 1.54) is 4.88 Å². The standard InChI is InChI=1S/C10H15Cl2NS/c1-8(2)13(6-5-11)7-9-3-4-10(12)14-9/h3-4,8H,5-7H2,1-2H3. The molecule has 0 unspecified atom stereocenters. The van der Waals surface area contributed by atoms with Gasteiger partial charge in [-0.2, -0.15) is 0 Å². The van der Waals surface area contributed by atoms with Crippen molar-refractivity contribution in [1.82, 2.24) is 4.90 Å². The normalized spacial score (nSPS) is 11.6. The van der Waals surface area contributed by atoms with Gasteiger partial charge in [-0.25, -0.2) is 0 Å². The van der Waals surface area contributed by atoms with E-state index in [0.717, 1.165) is 17.4 Å². The lowest BCUT2D eigenvalue weighted by Crippen LogP contribution is -2.31. The van der Waals surface area contributed by atoms with E-state index in [4.69, 9.17) is 23.2 Å². The first kappa shape index (κ1) is 12.3. The number of hydrogen-bond donors (Lipinski definition) is 0. The molecule has 0 saturated carbocycles. The van der Waals surface area contributed by atoms with Crippen molar-refractivity contribution < 1.29 is 0 Å². The zero-order valence-corrected chi connectivity index (χ0v) is 10.8. The van der Waals surface area contributed by atoms with E-state index in [-0.39, 0.29) is 0 Å². The Balaban J connectivity index is 2.55. The molecule has 0 amide bonds. The molecular formula is C10H15Cl2NS. The highest BCUT2D eigenvalue weighted by molar-refractivity contribution is 7.16. The molecule has 0 N–H and O–H groups in total. The molecule has 1 nitrogen and oxygen atoms in total. The lowest BCUT2D eigenvalue weighted by Gasteiger charge is -2.24. The first-order valence-corrected chi connectivity index (χ1v) is 6.40. The molecule has 0 aromatic carbocycles. The first-order chi connectivity index (χ1) is 6.63. The van der Waals surface area contributed by atoms with Crippen LogP contribution < -0.4 is 0 Å². The Kier molecular flexibility index (Phi) is 5.24. The van der Waals surface area contributed by atoms with Gasteiger partial charge in [0.05, 0.1) is 4.34 Å². The third-order valence-electron chi connectivity index (χ3n) is 2.09. The van der Waals surface area contributed by atoms with Crippen LogP contribution in [0.5, 0.6) is 0 Å². The van der Waals surface area contributed by atoms with Gasteiger partial charge in [-0.15, -0.1) is 22.9 Å². The van der Waals surface area contributed by atoms with Crippen LogP contribution in [0.15, 0.2) is 12.1 Å². The fourth-order valence-corrected chi connectivity index (χ4v) is 2.60. The minimum atomic E-state index is 0.523. The summed E-state index contributed by atoms with van der Waals surface area (Å²) in [6.45, 7) is 6.24. The van der Waals surface area contributed by atoms with Crippen molar-refractivity contribution in [3.05, 3.63) is 21.3 Å². The van der Waals surface area contributed by atoms with E-state index in [2.05, 4.69) is 24.8 Å². The van der Waals surface area contributed by atoms with Crippen LogP contribution in [0.3, 0.4) is 0 Å². The molecular weight excluding hydrogens is 237 g/mol. The maximum atomic E-state index is 5.87. The SMILES string of the molecule is CC(C)N(CCCl)Cc1ccc(Cl)s1. The van der Waals surface area contributed by atoms with E-state index in [0.29, 0.717) is 11.9 Å². The predicted molar refractivity (Wildman–Crippen MR) is 65.6 cm³/mol. The lowest BCUT2D eigenvalue weighted by molar-refractivity contribution is 0.228.